The van der Waals surface area contributed by atoms with Gasteiger partial charge < -0.3 is 10.4 Å². The van der Waals surface area contributed by atoms with E-state index in [-0.39, 0.29) is 16.5 Å². The number of aryl methyl sites for hydroxylation is 2. The monoisotopic (exact) mass is 391 g/mol. The molecule has 7 nitrogen and oxygen atoms in total. The third-order valence-corrected chi connectivity index (χ3v) is 5.48. The molecule has 27 heavy (non-hydrogen) atoms. The Hall–Kier alpha value is -2.45. The van der Waals surface area contributed by atoms with Crippen LogP contribution in [-0.4, -0.2) is 29.8 Å². The van der Waals surface area contributed by atoms with Crippen LogP contribution in [-0.2, 0) is 13.6 Å². The van der Waals surface area contributed by atoms with E-state index in [1.54, 1.807) is 34.4 Å². The van der Waals surface area contributed by atoms with Crippen molar-refractivity contribution in [3.63, 3.8) is 0 Å². The van der Waals surface area contributed by atoms with Crippen LogP contribution in [0.1, 0.15) is 25.7 Å². The maximum atomic E-state index is 13.3. The third kappa shape index (κ3) is 3.30. The lowest BCUT2D eigenvalue weighted by Crippen LogP contribution is -2.38. The fourth-order valence-corrected chi connectivity index (χ4v) is 3.57. The molecule has 0 bridgehead atoms. The molecule has 1 saturated carbocycles. The summed E-state index contributed by atoms with van der Waals surface area (Å²) >= 11 is 6.01. The SMILES string of the molecule is Cn1c(=O)n(CCC2(O)CCC2)c2cc(Nc3nc(F)ncc3Cl)ccc21. The molecule has 4 rings (SSSR count). The molecule has 0 unspecified atom stereocenters. The number of nitrogens with one attached hydrogen (secondary N) is 1. The summed E-state index contributed by atoms with van der Waals surface area (Å²) in [5.74, 6) is 0.150. The van der Waals surface area contributed by atoms with E-state index in [0.717, 1.165) is 30.3 Å². The Morgan fingerprint density at radius 1 is 1.37 bits per heavy atom. The first-order valence-corrected chi connectivity index (χ1v) is 9.11. The second-order valence-electron chi connectivity index (χ2n) is 6.99. The van der Waals surface area contributed by atoms with Gasteiger partial charge in [0, 0.05) is 19.3 Å². The van der Waals surface area contributed by atoms with Crippen molar-refractivity contribution in [1.82, 2.24) is 19.1 Å². The van der Waals surface area contributed by atoms with Gasteiger partial charge in [0.25, 0.3) is 0 Å². The van der Waals surface area contributed by atoms with E-state index in [0.29, 0.717) is 18.7 Å². The Balaban J connectivity index is 1.69. The summed E-state index contributed by atoms with van der Waals surface area (Å²) in [6.07, 6.45) is 3.41. The zero-order valence-corrected chi connectivity index (χ0v) is 15.5. The molecular weight excluding hydrogens is 373 g/mol. The summed E-state index contributed by atoms with van der Waals surface area (Å²) in [7, 11) is 1.71. The van der Waals surface area contributed by atoms with Crippen LogP contribution in [0.5, 0.6) is 0 Å². The highest BCUT2D eigenvalue weighted by molar-refractivity contribution is 6.32. The average Bonchev–Trinajstić information content (AvgIpc) is 2.85. The smallest absolute Gasteiger partial charge is 0.328 e. The average molecular weight is 392 g/mol. The van der Waals surface area contributed by atoms with Crippen LogP contribution in [0.15, 0.2) is 29.2 Å². The highest BCUT2D eigenvalue weighted by Crippen LogP contribution is 2.35. The largest absolute Gasteiger partial charge is 0.390 e. The highest BCUT2D eigenvalue weighted by Gasteiger charge is 2.34. The van der Waals surface area contributed by atoms with Gasteiger partial charge in [-0.15, -0.1) is 0 Å². The van der Waals surface area contributed by atoms with E-state index in [1.165, 1.54) is 6.20 Å². The molecule has 3 aromatic rings. The number of halogens is 2. The second-order valence-corrected chi connectivity index (χ2v) is 7.39. The molecule has 0 amide bonds. The predicted octanol–water partition coefficient (Wildman–Crippen LogP) is 2.97. The summed E-state index contributed by atoms with van der Waals surface area (Å²) < 4.78 is 16.5. The van der Waals surface area contributed by atoms with Gasteiger partial charge in [0.15, 0.2) is 5.82 Å². The number of aromatic nitrogens is 4. The second kappa shape index (κ2) is 6.61. The number of fused-ring (bicyclic) bond motifs is 1. The summed E-state index contributed by atoms with van der Waals surface area (Å²) in [5.41, 5.74) is 1.30. The predicted molar refractivity (Wildman–Crippen MR) is 101 cm³/mol. The minimum atomic E-state index is -0.881. The zero-order chi connectivity index (χ0) is 19.2. The van der Waals surface area contributed by atoms with E-state index in [2.05, 4.69) is 15.3 Å². The quantitative estimate of drug-likeness (QED) is 0.653. The van der Waals surface area contributed by atoms with Crippen LogP contribution in [0.2, 0.25) is 5.02 Å². The molecule has 2 aromatic heterocycles. The van der Waals surface area contributed by atoms with Crippen LogP contribution >= 0.6 is 11.6 Å². The van der Waals surface area contributed by atoms with Gasteiger partial charge in [0.2, 0.25) is 0 Å². The van der Waals surface area contributed by atoms with Gasteiger partial charge in [-0.3, -0.25) is 9.13 Å². The lowest BCUT2D eigenvalue weighted by molar-refractivity contribution is -0.0432. The number of aliphatic hydroxyl groups is 1. The molecule has 0 aliphatic heterocycles. The molecule has 2 N–H and O–H groups in total. The van der Waals surface area contributed by atoms with Gasteiger partial charge in [-0.05, 0) is 43.9 Å². The standard InChI is InChI=1S/C18H19ClFN5O2/c1-24-13-4-3-11(22-15-12(19)10-21-16(20)23-15)9-14(13)25(17(24)26)8-7-18(27)5-2-6-18/h3-4,9-10,27H,2,5-8H2,1H3,(H,21,22,23). The lowest BCUT2D eigenvalue weighted by Gasteiger charge is -2.36. The Kier molecular flexibility index (Phi) is 4.39. The summed E-state index contributed by atoms with van der Waals surface area (Å²) in [5, 5.41) is 13.5. The van der Waals surface area contributed by atoms with Crippen molar-refractivity contribution in [3.8, 4) is 0 Å². The van der Waals surface area contributed by atoms with Gasteiger partial charge in [-0.1, -0.05) is 11.6 Å². The van der Waals surface area contributed by atoms with Gasteiger partial charge in [0.05, 0.1) is 22.8 Å². The molecule has 2 heterocycles. The fraction of sp³-hybridized carbons (Fsp3) is 0.389. The Morgan fingerprint density at radius 2 is 2.15 bits per heavy atom. The van der Waals surface area contributed by atoms with Gasteiger partial charge in [0.1, 0.15) is 5.02 Å². The summed E-state index contributed by atoms with van der Waals surface area (Å²) in [6, 6.07) is 5.36. The molecule has 9 heteroatoms. The molecule has 0 spiro atoms. The van der Waals surface area contributed by atoms with Crippen LogP contribution in [0.3, 0.4) is 0 Å². The number of benzene rings is 1. The molecule has 0 radical (unpaired) electrons. The van der Waals surface area contributed by atoms with Crippen molar-refractivity contribution in [2.75, 3.05) is 5.32 Å². The number of rotatable bonds is 5. The molecule has 1 aromatic carbocycles. The molecule has 1 aliphatic rings. The minimum Gasteiger partial charge on any atom is -0.390 e. The van der Waals surface area contributed by atoms with Crippen LogP contribution in [0, 0.1) is 6.08 Å². The van der Waals surface area contributed by atoms with Gasteiger partial charge >= 0.3 is 11.8 Å². The number of anilines is 2. The van der Waals surface area contributed by atoms with Crippen molar-refractivity contribution in [1.29, 1.82) is 0 Å². The normalized spacial score (nSPS) is 15.7. The Labute approximate surface area is 159 Å². The minimum absolute atomic E-state index is 0.142. The van der Waals surface area contributed by atoms with Crippen LogP contribution in [0.25, 0.3) is 11.0 Å². The van der Waals surface area contributed by atoms with Gasteiger partial charge in [-0.2, -0.15) is 9.37 Å². The number of imidazole rings is 1. The first-order valence-electron chi connectivity index (χ1n) is 8.73. The van der Waals surface area contributed by atoms with Crippen LogP contribution in [0.4, 0.5) is 15.9 Å². The van der Waals surface area contributed by atoms with Gasteiger partial charge in [-0.25, -0.2) is 9.78 Å². The Morgan fingerprint density at radius 3 is 2.85 bits per heavy atom. The third-order valence-electron chi connectivity index (χ3n) is 5.21. The lowest BCUT2D eigenvalue weighted by atomic mass is 9.78. The fourth-order valence-electron chi connectivity index (χ4n) is 3.43. The number of nitrogens with zero attached hydrogens (tertiary/aromatic N) is 4. The molecule has 0 atom stereocenters. The van der Waals surface area contributed by atoms with Crippen molar-refractivity contribution in [2.24, 2.45) is 7.05 Å². The van der Waals surface area contributed by atoms with E-state index < -0.39 is 11.7 Å². The topological polar surface area (TPSA) is 85.0 Å². The first-order chi connectivity index (χ1) is 12.9. The molecule has 1 aliphatic carbocycles. The molecule has 1 fully saturated rings. The first kappa shape index (κ1) is 17.9. The van der Waals surface area contributed by atoms with Crippen LogP contribution < -0.4 is 11.0 Å². The molecule has 142 valence electrons. The van der Waals surface area contributed by atoms with E-state index in [4.69, 9.17) is 11.6 Å². The maximum absolute atomic E-state index is 13.3. The van der Waals surface area contributed by atoms with Crippen molar-refractivity contribution in [2.45, 2.75) is 37.8 Å². The highest BCUT2D eigenvalue weighted by atomic mass is 35.5. The molecule has 0 saturated heterocycles. The Bertz CT molecular complexity index is 1070. The number of hydrogen-bond acceptors (Lipinski definition) is 5. The molecular formula is C18H19ClFN5O2. The maximum Gasteiger partial charge on any atom is 0.328 e. The number of hydrogen-bond donors (Lipinski definition) is 2. The van der Waals surface area contributed by atoms with Crippen molar-refractivity contribution < 1.29 is 9.50 Å². The zero-order valence-electron chi connectivity index (χ0n) is 14.7. The summed E-state index contributed by atoms with van der Waals surface area (Å²) in [4.78, 5) is 19.7. The van der Waals surface area contributed by atoms with Crippen molar-refractivity contribution >= 4 is 34.1 Å². The van der Waals surface area contributed by atoms with E-state index in [1.807, 2.05) is 0 Å². The van der Waals surface area contributed by atoms with E-state index >= 15 is 0 Å². The summed E-state index contributed by atoms with van der Waals surface area (Å²) in [6.45, 7) is 0.430. The van der Waals surface area contributed by atoms with Crippen molar-refractivity contribution in [3.05, 3.63) is 46.0 Å². The van der Waals surface area contributed by atoms with E-state index in [9.17, 15) is 14.3 Å².